The van der Waals surface area contributed by atoms with Gasteiger partial charge in [-0.15, -0.1) is 0 Å². The van der Waals surface area contributed by atoms with E-state index < -0.39 is 0 Å². The summed E-state index contributed by atoms with van der Waals surface area (Å²) in [5.74, 6) is -0.216. The third-order valence-electron chi connectivity index (χ3n) is 4.23. The van der Waals surface area contributed by atoms with Gasteiger partial charge >= 0.3 is 0 Å². The molecule has 0 fully saturated rings. The normalized spacial score (nSPS) is 10.8. The van der Waals surface area contributed by atoms with Crippen LogP contribution in [0.4, 0.5) is 5.69 Å². The number of carbonyl (C=O) groups excluding carboxylic acids is 1. The smallest absolute Gasteiger partial charge is 0.275 e. The van der Waals surface area contributed by atoms with Crippen molar-refractivity contribution in [2.45, 2.75) is 13.8 Å². The van der Waals surface area contributed by atoms with Crippen molar-refractivity contribution < 1.29 is 4.79 Å². The Balaban J connectivity index is 1.87. The maximum atomic E-state index is 13.1. The van der Waals surface area contributed by atoms with Gasteiger partial charge in [-0.05, 0) is 37.6 Å². The van der Waals surface area contributed by atoms with E-state index in [0.717, 1.165) is 22.3 Å². The predicted molar refractivity (Wildman–Crippen MR) is 102 cm³/mol. The van der Waals surface area contributed by atoms with Gasteiger partial charge in [0, 0.05) is 18.0 Å². The molecule has 0 bridgehead atoms. The molecule has 3 heterocycles. The zero-order valence-electron chi connectivity index (χ0n) is 14.6. The first-order valence-electron chi connectivity index (χ1n) is 8.39. The number of aryl methyl sites for hydroxylation is 2. The number of imidazole rings is 1. The Labute approximate surface area is 151 Å². The highest BCUT2D eigenvalue weighted by molar-refractivity contribution is 6.07. The number of carbonyl (C=O) groups is 1. The van der Waals surface area contributed by atoms with Crippen molar-refractivity contribution in [1.82, 2.24) is 14.4 Å². The molecule has 128 valence electrons. The second kappa shape index (κ2) is 6.44. The Morgan fingerprint density at radius 1 is 1.00 bits per heavy atom. The molecule has 26 heavy (non-hydrogen) atoms. The first-order chi connectivity index (χ1) is 12.6. The monoisotopic (exact) mass is 342 g/mol. The first-order valence-corrected chi connectivity index (χ1v) is 8.39. The number of hydrogen-bond acceptors (Lipinski definition) is 3. The number of nitrogens with zero attached hydrogens (tertiary/aromatic N) is 3. The molecule has 5 nitrogen and oxygen atoms in total. The van der Waals surface area contributed by atoms with E-state index in [9.17, 15) is 4.79 Å². The second-order valence-electron chi connectivity index (χ2n) is 6.31. The van der Waals surface area contributed by atoms with Gasteiger partial charge < -0.3 is 5.32 Å². The molecule has 0 aliphatic rings. The summed E-state index contributed by atoms with van der Waals surface area (Å²) in [5.41, 5.74) is 5.69. The standard InChI is InChI=1S/C21H18N4O/c1-14-5-8-16(9-6-14)19-20(21(26)23-17-4-3-11-22-12-17)25-13-15(2)7-10-18(25)24-19/h3-13H,1-2H3,(H,23,26). The molecule has 0 aliphatic heterocycles. The number of hydrogen-bond donors (Lipinski definition) is 1. The summed E-state index contributed by atoms with van der Waals surface area (Å²) in [6.45, 7) is 4.03. The topological polar surface area (TPSA) is 59.3 Å². The van der Waals surface area contributed by atoms with Crippen molar-refractivity contribution in [2.24, 2.45) is 0 Å². The molecule has 0 saturated carbocycles. The largest absolute Gasteiger partial charge is 0.319 e. The van der Waals surface area contributed by atoms with Crippen LogP contribution in [0.2, 0.25) is 0 Å². The van der Waals surface area contributed by atoms with Crippen LogP contribution in [0.1, 0.15) is 21.6 Å². The minimum absolute atomic E-state index is 0.216. The average molecular weight is 342 g/mol. The molecular weight excluding hydrogens is 324 g/mol. The van der Waals surface area contributed by atoms with E-state index in [0.29, 0.717) is 17.1 Å². The van der Waals surface area contributed by atoms with E-state index in [4.69, 9.17) is 4.98 Å². The zero-order valence-corrected chi connectivity index (χ0v) is 14.6. The summed E-state index contributed by atoms with van der Waals surface area (Å²) in [6.07, 6.45) is 5.22. The van der Waals surface area contributed by atoms with Gasteiger partial charge in [-0.25, -0.2) is 4.98 Å². The van der Waals surface area contributed by atoms with E-state index in [1.165, 1.54) is 0 Å². The van der Waals surface area contributed by atoms with Crippen LogP contribution in [-0.2, 0) is 0 Å². The molecule has 4 rings (SSSR count). The van der Waals surface area contributed by atoms with Crippen molar-refractivity contribution in [3.63, 3.8) is 0 Å². The number of anilines is 1. The lowest BCUT2D eigenvalue weighted by atomic mass is 10.1. The van der Waals surface area contributed by atoms with Crippen LogP contribution < -0.4 is 5.32 Å². The molecule has 1 aromatic carbocycles. The number of nitrogens with one attached hydrogen (secondary N) is 1. The fourth-order valence-corrected chi connectivity index (χ4v) is 2.91. The number of rotatable bonds is 3. The van der Waals surface area contributed by atoms with Crippen molar-refractivity contribution >= 4 is 17.2 Å². The lowest BCUT2D eigenvalue weighted by Gasteiger charge is -2.07. The van der Waals surface area contributed by atoms with E-state index in [-0.39, 0.29) is 5.91 Å². The van der Waals surface area contributed by atoms with E-state index >= 15 is 0 Å². The van der Waals surface area contributed by atoms with E-state index in [1.54, 1.807) is 18.5 Å². The molecule has 4 aromatic rings. The molecule has 0 atom stereocenters. The second-order valence-corrected chi connectivity index (χ2v) is 6.31. The molecule has 3 aromatic heterocycles. The van der Waals surface area contributed by atoms with Gasteiger partial charge in [0.25, 0.3) is 5.91 Å². The van der Waals surface area contributed by atoms with Gasteiger partial charge in [0.15, 0.2) is 0 Å². The minimum Gasteiger partial charge on any atom is -0.319 e. The quantitative estimate of drug-likeness (QED) is 0.605. The van der Waals surface area contributed by atoms with Crippen LogP contribution in [-0.4, -0.2) is 20.3 Å². The summed E-state index contributed by atoms with van der Waals surface area (Å²) < 4.78 is 1.84. The molecule has 0 aliphatic carbocycles. The minimum atomic E-state index is -0.216. The highest BCUT2D eigenvalue weighted by Gasteiger charge is 2.21. The molecule has 0 spiro atoms. The van der Waals surface area contributed by atoms with Crippen molar-refractivity contribution in [3.8, 4) is 11.3 Å². The number of fused-ring (bicyclic) bond motifs is 1. The summed E-state index contributed by atoms with van der Waals surface area (Å²) in [4.78, 5) is 21.8. The van der Waals surface area contributed by atoms with Crippen molar-refractivity contribution in [2.75, 3.05) is 5.32 Å². The van der Waals surface area contributed by atoms with Crippen LogP contribution in [0.3, 0.4) is 0 Å². The Bertz CT molecular complexity index is 1080. The summed E-state index contributed by atoms with van der Waals surface area (Å²) >= 11 is 0. The van der Waals surface area contributed by atoms with E-state index in [2.05, 4.69) is 10.3 Å². The number of amides is 1. The number of benzene rings is 1. The molecule has 1 N–H and O–H groups in total. The Hall–Kier alpha value is -3.47. The zero-order chi connectivity index (χ0) is 18.1. The lowest BCUT2D eigenvalue weighted by molar-refractivity contribution is 0.102. The van der Waals surface area contributed by atoms with Gasteiger partial charge in [-0.3, -0.25) is 14.2 Å². The van der Waals surface area contributed by atoms with Crippen molar-refractivity contribution in [3.05, 3.63) is 83.9 Å². The Kier molecular flexibility index (Phi) is 3.97. The summed E-state index contributed by atoms with van der Waals surface area (Å²) in [7, 11) is 0. The summed E-state index contributed by atoms with van der Waals surface area (Å²) in [6, 6.07) is 15.5. The SMILES string of the molecule is Cc1ccc(-c2nc3ccc(C)cn3c2C(=O)Nc2cccnc2)cc1. The highest BCUT2D eigenvalue weighted by atomic mass is 16.2. The Morgan fingerprint density at radius 2 is 1.77 bits per heavy atom. The third-order valence-corrected chi connectivity index (χ3v) is 4.23. The highest BCUT2D eigenvalue weighted by Crippen LogP contribution is 2.26. The number of pyridine rings is 2. The average Bonchev–Trinajstić information content (AvgIpc) is 3.01. The van der Waals surface area contributed by atoms with Gasteiger partial charge in [-0.1, -0.05) is 35.9 Å². The van der Waals surface area contributed by atoms with Gasteiger partial charge in [-0.2, -0.15) is 0 Å². The van der Waals surface area contributed by atoms with Crippen LogP contribution in [0.15, 0.2) is 67.1 Å². The van der Waals surface area contributed by atoms with Crippen LogP contribution in [0.5, 0.6) is 0 Å². The van der Waals surface area contributed by atoms with Crippen LogP contribution >= 0.6 is 0 Å². The summed E-state index contributed by atoms with van der Waals surface area (Å²) in [5, 5.41) is 2.92. The van der Waals surface area contributed by atoms with Gasteiger partial charge in [0.1, 0.15) is 17.0 Å². The molecule has 1 amide bonds. The fraction of sp³-hybridized carbons (Fsp3) is 0.0952. The first kappa shape index (κ1) is 16.0. The molecule has 5 heteroatoms. The maximum Gasteiger partial charge on any atom is 0.275 e. The Morgan fingerprint density at radius 3 is 2.50 bits per heavy atom. The predicted octanol–water partition coefficient (Wildman–Crippen LogP) is 4.27. The van der Waals surface area contributed by atoms with Gasteiger partial charge in [0.2, 0.25) is 0 Å². The van der Waals surface area contributed by atoms with Gasteiger partial charge in [0.05, 0.1) is 11.9 Å². The fourth-order valence-electron chi connectivity index (χ4n) is 2.91. The maximum absolute atomic E-state index is 13.1. The lowest BCUT2D eigenvalue weighted by Crippen LogP contribution is -2.15. The van der Waals surface area contributed by atoms with E-state index in [1.807, 2.05) is 66.9 Å². The van der Waals surface area contributed by atoms with Crippen LogP contribution in [0, 0.1) is 13.8 Å². The molecule has 0 radical (unpaired) electrons. The number of aromatic nitrogens is 3. The molecule has 0 unspecified atom stereocenters. The third kappa shape index (κ3) is 2.95. The molecule has 0 saturated heterocycles. The molecular formula is C21H18N4O. The van der Waals surface area contributed by atoms with Crippen LogP contribution in [0.25, 0.3) is 16.9 Å². The van der Waals surface area contributed by atoms with Crippen molar-refractivity contribution in [1.29, 1.82) is 0 Å².